The van der Waals surface area contributed by atoms with Crippen molar-refractivity contribution in [1.82, 2.24) is 0 Å². The molecule has 1 rings (SSSR count). The molecule has 66 valence electrons. The van der Waals surface area contributed by atoms with Crippen LogP contribution in [0, 0.1) is 0 Å². The van der Waals surface area contributed by atoms with Crippen LogP contribution < -0.4 is 0 Å². The lowest BCUT2D eigenvalue weighted by Gasteiger charge is -2.12. The summed E-state index contributed by atoms with van der Waals surface area (Å²) >= 11 is 14.3. The molecule has 0 aliphatic heterocycles. The zero-order valence-corrected chi connectivity index (χ0v) is 9.14. The van der Waals surface area contributed by atoms with Crippen LogP contribution in [0.3, 0.4) is 0 Å². The molecule has 1 N–H and O–H groups in total. The van der Waals surface area contributed by atoms with E-state index >= 15 is 0 Å². The predicted molar refractivity (Wildman–Crippen MR) is 54.6 cm³/mol. The third-order valence-electron chi connectivity index (χ3n) is 1.46. The maximum Gasteiger partial charge on any atom is 0.137 e. The van der Waals surface area contributed by atoms with E-state index in [0.29, 0.717) is 5.56 Å². The SMILES string of the molecule is OC(c1ccccc1Br)C(Cl)Cl. The summed E-state index contributed by atoms with van der Waals surface area (Å²) in [5.74, 6) is 0. The van der Waals surface area contributed by atoms with Gasteiger partial charge in [-0.3, -0.25) is 0 Å². The van der Waals surface area contributed by atoms with Crippen LogP contribution in [-0.4, -0.2) is 9.94 Å². The lowest BCUT2D eigenvalue weighted by Crippen LogP contribution is -2.06. The second-order valence-corrected chi connectivity index (χ2v) is 4.32. The molecule has 4 heteroatoms. The Bertz CT molecular complexity index is 265. The van der Waals surface area contributed by atoms with Gasteiger partial charge in [0.1, 0.15) is 10.9 Å². The Kier molecular flexibility index (Phi) is 3.84. The minimum atomic E-state index is -0.844. The first kappa shape index (κ1) is 10.3. The molecular weight excluding hydrogens is 263 g/mol. The summed E-state index contributed by atoms with van der Waals surface area (Å²) in [5.41, 5.74) is 0.701. The second kappa shape index (κ2) is 4.47. The molecule has 1 atom stereocenters. The third kappa shape index (κ3) is 2.36. The average molecular weight is 270 g/mol. The molecule has 0 amide bonds. The van der Waals surface area contributed by atoms with Gasteiger partial charge in [-0.05, 0) is 11.6 Å². The summed E-state index contributed by atoms with van der Waals surface area (Å²) in [6, 6.07) is 7.28. The van der Waals surface area contributed by atoms with Crippen LogP contribution in [0.5, 0.6) is 0 Å². The Morgan fingerprint density at radius 1 is 1.25 bits per heavy atom. The highest BCUT2D eigenvalue weighted by atomic mass is 79.9. The van der Waals surface area contributed by atoms with Crippen LogP contribution in [-0.2, 0) is 0 Å². The van der Waals surface area contributed by atoms with Crippen LogP contribution in [0.1, 0.15) is 11.7 Å². The summed E-state index contributed by atoms with van der Waals surface area (Å²) in [5, 5.41) is 9.48. The number of aliphatic hydroxyl groups excluding tert-OH is 1. The smallest absolute Gasteiger partial charge is 0.137 e. The average Bonchev–Trinajstić information content (AvgIpc) is 2.04. The van der Waals surface area contributed by atoms with E-state index in [0.717, 1.165) is 4.47 Å². The van der Waals surface area contributed by atoms with Crippen LogP contribution in [0.4, 0.5) is 0 Å². The van der Waals surface area contributed by atoms with Crippen LogP contribution >= 0.6 is 39.1 Å². The van der Waals surface area contributed by atoms with Crippen molar-refractivity contribution < 1.29 is 5.11 Å². The molecular formula is C8H7BrCl2O. The predicted octanol–water partition coefficient (Wildman–Crippen LogP) is 3.29. The van der Waals surface area contributed by atoms with Crippen molar-refractivity contribution >= 4 is 39.1 Å². The molecule has 1 aromatic rings. The maximum atomic E-state index is 9.48. The molecule has 0 radical (unpaired) electrons. The van der Waals surface area contributed by atoms with E-state index in [1.807, 2.05) is 18.2 Å². The summed E-state index contributed by atoms with van der Waals surface area (Å²) in [4.78, 5) is -0.802. The fourth-order valence-corrected chi connectivity index (χ4v) is 1.64. The van der Waals surface area contributed by atoms with E-state index in [9.17, 15) is 5.11 Å². The molecule has 0 spiro atoms. The highest BCUT2D eigenvalue weighted by Crippen LogP contribution is 2.29. The van der Waals surface area contributed by atoms with Crippen molar-refractivity contribution in [3.05, 3.63) is 34.3 Å². The molecule has 0 saturated carbocycles. The highest BCUT2D eigenvalue weighted by Gasteiger charge is 2.17. The Hall–Kier alpha value is 0.240. The Morgan fingerprint density at radius 2 is 1.83 bits per heavy atom. The molecule has 12 heavy (non-hydrogen) atoms. The van der Waals surface area contributed by atoms with Gasteiger partial charge in [-0.15, -0.1) is 23.2 Å². The Labute approximate surface area is 89.4 Å². The monoisotopic (exact) mass is 268 g/mol. The van der Waals surface area contributed by atoms with Gasteiger partial charge in [0.15, 0.2) is 0 Å². The molecule has 1 unspecified atom stereocenters. The number of hydrogen-bond donors (Lipinski definition) is 1. The largest absolute Gasteiger partial charge is 0.386 e. The number of alkyl halides is 2. The van der Waals surface area contributed by atoms with E-state index in [1.54, 1.807) is 6.07 Å². The van der Waals surface area contributed by atoms with Crippen molar-refractivity contribution in [2.45, 2.75) is 10.9 Å². The topological polar surface area (TPSA) is 20.2 Å². The summed E-state index contributed by atoms with van der Waals surface area (Å²) < 4.78 is 0.809. The molecule has 0 aliphatic rings. The number of hydrogen-bond acceptors (Lipinski definition) is 1. The molecule has 0 saturated heterocycles. The molecule has 0 fully saturated rings. The van der Waals surface area contributed by atoms with Gasteiger partial charge in [0, 0.05) is 4.47 Å². The van der Waals surface area contributed by atoms with Crippen molar-refractivity contribution in [3.63, 3.8) is 0 Å². The molecule has 0 heterocycles. The summed E-state index contributed by atoms with van der Waals surface area (Å²) in [7, 11) is 0. The third-order valence-corrected chi connectivity index (χ3v) is 2.66. The lowest BCUT2D eigenvalue weighted by atomic mass is 10.1. The first-order valence-electron chi connectivity index (χ1n) is 3.33. The molecule has 0 bridgehead atoms. The fourth-order valence-electron chi connectivity index (χ4n) is 0.851. The zero-order chi connectivity index (χ0) is 9.14. The number of aliphatic hydroxyl groups is 1. The van der Waals surface area contributed by atoms with Crippen molar-refractivity contribution in [2.24, 2.45) is 0 Å². The number of halogens is 3. The van der Waals surface area contributed by atoms with Gasteiger partial charge in [-0.25, -0.2) is 0 Å². The zero-order valence-electron chi connectivity index (χ0n) is 6.05. The van der Waals surface area contributed by atoms with Gasteiger partial charge in [-0.1, -0.05) is 34.1 Å². The van der Waals surface area contributed by atoms with Gasteiger partial charge in [0.05, 0.1) is 0 Å². The van der Waals surface area contributed by atoms with Gasteiger partial charge >= 0.3 is 0 Å². The molecule has 1 nitrogen and oxygen atoms in total. The fraction of sp³-hybridized carbons (Fsp3) is 0.250. The molecule has 0 aromatic heterocycles. The maximum absolute atomic E-state index is 9.48. The van der Waals surface area contributed by atoms with Gasteiger partial charge in [0.25, 0.3) is 0 Å². The van der Waals surface area contributed by atoms with Crippen molar-refractivity contribution in [3.8, 4) is 0 Å². The quantitative estimate of drug-likeness (QED) is 0.817. The minimum Gasteiger partial charge on any atom is -0.386 e. The van der Waals surface area contributed by atoms with E-state index in [2.05, 4.69) is 15.9 Å². The lowest BCUT2D eigenvalue weighted by molar-refractivity contribution is 0.192. The molecule has 0 aliphatic carbocycles. The van der Waals surface area contributed by atoms with E-state index in [4.69, 9.17) is 23.2 Å². The van der Waals surface area contributed by atoms with Crippen LogP contribution in [0.2, 0.25) is 0 Å². The van der Waals surface area contributed by atoms with Crippen molar-refractivity contribution in [2.75, 3.05) is 0 Å². The Morgan fingerprint density at radius 3 is 2.33 bits per heavy atom. The van der Waals surface area contributed by atoms with E-state index in [1.165, 1.54) is 0 Å². The first-order chi connectivity index (χ1) is 5.63. The first-order valence-corrected chi connectivity index (χ1v) is 5.00. The van der Waals surface area contributed by atoms with E-state index < -0.39 is 10.9 Å². The van der Waals surface area contributed by atoms with Gasteiger partial charge in [-0.2, -0.15) is 0 Å². The van der Waals surface area contributed by atoms with Gasteiger partial charge in [0.2, 0.25) is 0 Å². The van der Waals surface area contributed by atoms with Gasteiger partial charge < -0.3 is 5.11 Å². The molecule has 1 aromatic carbocycles. The summed E-state index contributed by atoms with van der Waals surface area (Å²) in [6.45, 7) is 0. The van der Waals surface area contributed by atoms with E-state index in [-0.39, 0.29) is 0 Å². The number of rotatable bonds is 2. The van der Waals surface area contributed by atoms with Crippen LogP contribution in [0.15, 0.2) is 28.7 Å². The second-order valence-electron chi connectivity index (χ2n) is 2.30. The normalized spacial score (nSPS) is 13.4. The van der Waals surface area contributed by atoms with Crippen LogP contribution in [0.25, 0.3) is 0 Å². The number of benzene rings is 1. The highest BCUT2D eigenvalue weighted by molar-refractivity contribution is 9.10. The Balaban J connectivity index is 2.94. The summed E-state index contributed by atoms with van der Waals surface area (Å²) in [6.07, 6.45) is -0.844. The minimum absolute atomic E-state index is 0.701. The van der Waals surface area contributed by atoms with Crippen molar-refractivity contribution in [1.29, 1.82) is 0 Å². The standard InChI is InChI=1S/C8H7BrCl2O/c9-6-4-2-1-3-5(6)7(12)8(10)11/h1-4,7-8,12H.